The Bertz CT molecular complexity index is 641. The third-order valence-electron chi connectivity index (χ3n) is 3.75. The Morgan fingerprint density at radius 1 is 1.32 bits per heavy atom. The van der Waals surface area contributed by atoms with E-state index in [1.165, 1.54) is 0 Å². The molecule has 19 heavy (non-hydrogen) atoms. The van der Waals surface area contributed by atoms with Gasteiger partial charge < -0.3 is 14.8 Å². The van der Waals surface area contributed by atoms with E-state index in [1.807, 2.05) is 25.3 Å². The van der Waals surface area contributed by atoms with E-state index in [2.05, 4.69) is 6.07 Å². The van der Waals surface area contributed by atoms with Crippen LogP contribution in [0.25, 0.3) is 10.9 Å². The fraction of sp³-hybridized carbons (Fsp3) is 0.400. The van der Waals surface area contributed by atoms with Crippen molar-refractivity contribution in [2.75, 3.05) is 6.61 Å². The highest BCUT2D eigenvalue weighted by Crippen LogP contribution is 2.29. The predicted molar refractivity (Wildman–Crippen MR) is 74.8 cm³/mol. The topological polar surface area (TPSA) is 62.5 Å². The molecular formula is C15H19NO3. The van der Waals surface area contributed by atoms with Crippen molar-refractivity contribution < 1.29 is 15.0 Å². The number of nitrogens with zero attached hydrogens (tertiary/aromatic N) is 1. The average Bonchev–Trinajstić information content (AvgIpc) is 2.63. The minimum atomic E-state index is -0.919. The van der Waals surface area contributed by atoms with Crippen molar-refractivity contribution in [3.8, 4) is 0 Å². The van der Waals surface area contributed by atoms with Crippen molar-refractivity contribution in [3.05, 3.63) is 34.5 Å². The monoisotopic (exact) mass is 261 g/mol. The summed E-state index contributed by atoms with van der Waals surface area (Å²) in [6, 6.07) is 3.79. The lowest BCUT2D eigenvalue weighted by molar-refractivity contribution is 0.0698. The summed E-state index contributed by atoms with van der Waals surface area (Å²) in [5.74, 6) is -0.919. The maximum Gasteiger partial charge on any atom is 0.337 e. The molecule has 0 spiro atoms. The van der Waals surface area contributed by atoms with Gasteiger partial charge in [0.1, 0.15) is 0 Å². The molecule has 0 radical (unpaired) electrons. The number of carboxylic acid groups (broad SMARTS) is 1. The molecule has 102 valence electrons. The average molecular weight is 261 g/mol. The van der Waals surface area contributed by atoms with Crippen LogP contribution in [0.4, 0.5) is 0 Å². The number of aryl methyl sites for hydroxylation is 2. The number of aliphatic hydroxyl groups excluding tert-OH is 1. The second-order valence-electron chi connectivity index (χ2n) is 4.78. The lowest BCUT2D eigenvalue weighted by Crippen LogP contribution is -2.08. The minimum absolute atomic E-state index is 0.00134. The standard InChI is InChI=1S/C15H19NO3/c1-4-11-7-12-9(2)10(3)16(5-6-17)14(12)13(8-11)15(18)19/h7-8,17H,4-6H2,1-3H3,(H,18,19). The molecule has 0 fully saturated rings. The van der Waals surface area contributed by atoms with Gasteiger partial charge in [-0.1, -0.05) is 6.92 Å². The van der Waals surface area contributed by atoms with Crippen LogP contribution in [0.15, 0.2) is 12.1 Å². The van der Waals surface area contributed by atoms with Crippen LogP contribution < -0.4 is 0 Å². The summed E-state index contributed by atoms with van der Waals surface area (Å²) >= 11 is 0. The van der Waals surface area contributed by atoms with Gasteiger partial charge in [0.05, 0.1) is 17.7 Å². The van der Waals surface area contributed by atoms with E-state index in [9.17, 15) is 15.0 Å². The van der Waals surface area contributed by atoms with Crippen molar-refractivity contribution in [3.63, 3.8) is 0 Å². The van der Waals surface area contributed by atoms with Gasteiger partial charge in [0.25, 0.3) is 0 Å². The number of aromatic carboxylic acids is 1. The lowest BCUT2D eigenvalue weighted by atomic mass is 10.0. The van der Waals surface area contributed by atoms with Gasteiger partial charge in [0, 0.05) is 17.6 Å². The van der Waals surface area contributed by atoms with Crippen LogP contribution in [0.1, 0.15) is 34.1 Å². The van der Waals surface area contributed by atoms with Gasteiger partial charge in [-0.3, -0.25) is 0 Å². The number of aliphatic hydroxyl groups is 1. The van der Waals surface area contributed by atoms with Gasteiger partial charge in [-0.2, -0.15) is 0 Å². The third kappa shape index (κ3) is 2.12. The van der Waals surface area contributed by atoms with Gasteiger partial charge >= 0.3 is 5.97 Å². The number of carbonyl (C=O) groups is 1. The van der Waals surface area contributed by atoms with Crippen LogP contribution in [0.3, 0.4) is 0 Å². The molecule has 1 aromatic carbocycles. The van der Waals surface area contributed by atoms with Gasteiger partial charge in [-0.15, -0.1) is 0 Å². The Balaban J connectivity index is 2.89. The molecule has 4 nitrogen and oxygen atoms in total. The molecule has 2 aromatic rings. The maximum absolute atomic E-state index is 11.5. The zero-order chi connectivity index (χ0) is 14.2. The van der Waals surface area contributed by atoms with Crippen LogP contribution in [0.2, 0.25) is 0 Å². The first-order valence-corrected chi connectivity index (χ1v) is 6.47. The Labute approximate surface area is 112 Å². The second-order valence-corrected chi connectivity index (χ2v) is 4.78. The molecule has 2 rings (SSSR count). The van der Waals surface area contributed by atoms with E-state index in [0.717, 1.165) is 28.6 Å². The molecule has 0 aliphatic heterocycles. The van der Waals surface area contributed by atoms with E-state index in [4.69, 9.17) is 0 Å². The smallest absolute Gasteiger partial charge is 0.337 e. The van der Waals surface area contributed by atoms with Crippen LogP contribution in [0, 0.1) is 13.8 Å². The normalized spacial score (nSPS) is 11.2. The molecule has 0 aliphatic carbocycles. The first-order chi connectivity index (χ1) is 9.01. The number of hydrogen-bond acceptors (Lipinski definition) is 2. The number of aromatic nitrogens is 1. The summed E-state index contributed by atoms with van der Waals surface area (Å²) in [6.07, 6.45) is 0.805. The molecule has 2 N–H and O–H groups in total. The molecule has 0 bridgehead atoms. The molecule has 0 saturated carbocycles. The summed E-state index contributed by atoms with van der Waals surface area (Å²) in [4.78, 5) is 11.5. The fourth-order valence-electron chi connectivity index (χ4n) is 2.58. The Morgan fingerprint density at radius 3 is 2.53 bits per heavy atom. The number of fused-ring (bicyclic) bond motifs is 1. The number of hydrogen-bond donors (Lipinski definition) is 2. The van der Waals surface area contributed by atoms with E-state index in [1.54, 1.807) is 6.07 Å². The van der Waals surface area contributed by atoms with Crippen molar-refractivity contribution in [1.82, 2.24) is 4.57 Å². The molecule has 0 atom stereocenters. The SMILES string of the molecule is CCc1cc(C(=O)O)c2c(c1)c(C)c(C)n2CCO. The van der Waals surface area contributed by atoms with Crippen LogP contribution in [0.5, 0.6) is 0 Å². The summed E-state index contributed by atoms with van der Waals surface area (Å²) in [6.45, 7) is 6.39. The highest BCUT2D eigenvalue weighted by atomic mass is 16.4. The van der Waals surface area contributed by atoms with Crippen LogP contribution in [-0.4, -0.2) is 27.4 Å². The summed E-state index contributed by atoms with van der Waals surface area (Å²) < 4.78 is 1.90. The second kappa shape index (κ2) is 5.05. The minimum Gasteiger partial charge on any atom is -0.478 e. The van der Waals surface area contributed by atoms with Crippen LogP contribution >= 0.6 is 0 Å². The summed E-state index contributed by atoms with van der Waals surface area (Å²) in [7, 11) is 0. The number of carboxylic acids is 1. The third-order valence-corrected chi connectivity index (χ3v) is 3.75. The van der Waals surface area contributed by atoms with Gasteiger partial charge in [0.15, 0.2) is 0 Å². The first-order valence-electron chi connectivity index (χ1n) is 6.47. The Hall–Kier alpha value is -1.81. The maximum atomic E-state index is 11.5. The van der Waals surface area contributed by atoms with Crippen molar-refractivity contribution in [1.29, 1.82) is 0 Å². The highest BCUT2D eigenvalue weighted by molar-refractivity contribution is 6.04. The number of rotatable bonds is 4. The molecule has 0 saturated heterocycles. The van der Waals surface area contributed by atoms with E-state index in [0.29, 0.717) is 17.6 Å². The fourth-order valence-corrected chi connectivity index (χ4v) is 2.58. The van der Waals surface area contributed by atoms with Gasteiger partial charge in [-0.25, -0.2) is 4.79 Å². The quantitative estimate of drug-likeness (QED) is 0.889. The van der Waals surface area contributed by atoms with E-state index >= 15 is 0 Å². The molecule has 0 aliphatic rings. The first kappa shape index (κ1) is 13.6. The van der Waals surface area contributed by atoms with Crippen LogP contribution in [-0.2, 0) is 13.0 Å². The number of benzene rings is 1. The summed E-state index contributed by atoms with van der Waals surface area (Å²) in [5, 5.41) is 19.6. The predicted octanol–water partition coefficient (Wildman–Crippen LogP) is 2.51. The highest BCUT2D eigenvalue weighted by Gasteiger charge is 2.18. The van der Waals surface area contributed by atoms with Crippen molar-refractivity contribution in [2.24, 2.45) is 0 Å². The van der Waals surface area contributed by atoms with E-state index < -0.39 is 5.97 Å². The lowest BCUT2D eigenvalue weighted by Gasteiger charge is -2.09. The van der Waals surface area contributed by atoms with Crippen molar-refractivity contribution >= 4 is 16.9 Å². The molecule has 1 heterocycles. The molecule has 0 unspecified atom stereocenters. The molecule has 1 aromatic heterocycles. The van der Waals surface area contributed by atoms with E-state index in [-0.39, 0.29) is 6.61 Å². The van der Waals surface area contributed by atoms with Crippen molar-refractivity contribution in [2.45, 2.75) is 33.7 Å². The molecular weight excluding hydrogens is 242 g/mol. The largest absolute Gasteiger partial charge is 0.478 e. The molecule has 0 amide bonds. The summed E-state index contributed by atoms with van der Waals surface area (Å²) in [5.41, 5.74) is 4.16. The Kier molecular flexibility index (Phi) is 3.62. The van der Waals surface area contributed by atoms with Gasteiger partial charge in [-0.05, 0) is 43.5 Å². The van der Waals surface area contributed by atoms with Gasteiger partial charge in [0.2, 0.25) is 0 Å². The molecule has 4 heteroatoms. The Morgan fingerprint density at radius 2 is 2.00 bits per heavy atom. The zero-order valence-corrected chi connectivity index (χ0v) is 11.5. The zero-order valence-electron chi connectivity index (χ0n) is 11.5.